The summed E-state index contributed by atoms with van der Waals surface area (Å²) < 4.78 is 16.9. The molecule has 0 aliphatic carbocycles. The minimum Gasteiger partial charge on any atom is -0.460 e. The van der Waals surface area contributed by atoms with E-state index in [2.05, 4.69) is 20.9 Å². The van der Waals surface area contributed by atoms with E-state index < -0.39 is 24.3 Å². The SMILES string of the molecule is CCOC(=O)C1=NC(c2ccc(Br)cc2)N(C(=O)OCc2ccccc2)N1C(=O)OCc1ccccc1. The van der Waals surface area contributed by atoms with Crippen LogP contribution < -0.4 is 0 Å². The molecule has 4 rings (SSSR count). The molecule has 0 saturated heterocycles. The van der Waals surface area contributed by atoms with Gasteiger partial charge in [-0.3, -0.25) is 0 Å². The first-order valence-corrected chi connectivity index (χ1v) is 12.3. The van der Waals surface area contributed by atoms with Crippen LogP contribution >= 0.6 is 15.9 Å². The lowest BCUT2D eigenvalue weighted by Gasteiger charge is -2.30. The first-order valence-electron chi connectivity index (χ1n) is 11.5. The van der Waals surface area contributed by atoms with Crippen LogP contribution in [-0.2, 0) is 32.2 Å². The molecule has 0 saturated carbocycles. The molecule has 0 N–H and O–H groups in total. The van der Waals surface area contributed by atoms with E-state index >= 15 is 0 Å². The molecule has 0 fully saturated rings. The van der Waals surface area contributed by atoms with Crippen LogP contribution in [0.25, 0.3) is 0 Å². The molecule has 0 bridgehead atoms. The fourth-order valence-corrected chi connectivity index (χ4v) is 3.81. The van der Waals surface area contributed by atoms with Crippen molar-refractivity contribution >= 4 is 39.9 Å². The van der Waals surface area contributed by atoms with Gasteiger partial charge in [-0.1, -0.05) is 88.7 Å². The quantitative estimate of drug-likeness (QED) is 0.272. The van der Waals surface area contributed by atoms with Crippen LogP contribution in [0.1, 0.15) is 29.8 Å². The number of nitrogens with zero attached hydrogens (tertiary/aromatic N) is 3. The maximum atomic E-state index is 13.4. The van der Waals surface area contributed by atoms with E-state index in [1.54, 1.807) is 67.6 Å². The lowest BCUT2D eigenvalue weighted by Crippen LogP contribution is -2.51. The molecule has 10 heteroatoms. The Hall–Kier alpha value is -4.18. The molecule has 9 nitrogen and oxygen atoms in total. The number of esters is 1. The van der Waals surface area contributed by atoms with E-state index in [0.29, 0.717) is 5.56 Å². The van der Waals surface area contributed by atoms with E-state index in [4.69, 9.17) is 14.2 Å². The normalized spacial score (nSPS) is 14.6. The third-order valence-corrected chi connectivity index (χ3v) is 5.82. The highest BCUT2D eigenvalue weighted by atomic mass is 79.9. The zero-order valence-electron chi connectivity index (χ0n) is 20.0. The third-order valence-electron chi connectivity index (χ3n) is 5.29. The maximum Gasteiger partial charge on any atom is 0.435 e. The average molecular weight is 566 g/mol. The smallest absolute Gasteiger partial charge is 0.435 e. The van der Waals surface area contributed by atoms with Crippen molar-refractivity contribution < 1.29 is 28.6 Å². The highest BCUT2D eigenvalue weighted by Gasteiger charge is 2.47. The molecule has 190 valence electrons. The summed E-state index contributed by atoms with van der Waals surface area (Å²) in [5.74, 6) is -1.26. The topological polar surface area (TPSA) is 97.7 Å². The summed E-state index contributed by atoms with van der Waals surface area (Å²) in [7, 11) is 0. The maximum absolute atomic E-state index is 13.4. The van der Waals surface area contributed by atoms with Crippen molar-refractivity contribution in [2.75, 3.05) is 6.61 Å². The lowest BCUT2D eigenvalue weighted by atomic mass is 10.2. The van der Waals surface area contributed by atoms with Gasteiger partial charge in [-0.05, 0) is 35.7 Å². The van der Waals surface area contributed by atoms with Crippen molar-refractivity contribution in [1.82, 2.24) is 10.0 Å². The van der Waals surface area contributed by atoms with E-state index in [1.807, 2.05) is 24.3 Å². The van der Waals surface area contributed by atoms with Crippen LogP contribution in [0.4, 0.5) is 9.59 Å². The van der Waals surface area contributed by atoms with Crippen LogP contribution in [0.15, 0.2) is 94.4 Å². The number of halogens is 1. The van der Waals surface area contributed by atoms with E-state index in [0.717, 1.165) is 25.6 Å². The number of rotatable bonds is 7. The number of hydrogen-bond acceptors (Lipinski definition) is 7. The highest BCUT2D eigenvalue weighted by molar-refractivity contribution is 9.10. The molecular weight excluding hydrogens is 542 g/mol. The molecule has 2 amide bonds. The molecule has 1 unspecified atom stereocenters. The Morgan fingerprint density at radius 1 is 0.784 bits per heavy atom. The zero-order valence-corrected chi connectivity index (χ0v) is 21.5. The molecule has 1 atom stereocenters. The van der Waals surface area contributed by atoms with Gasteiger partial charge in [-0.25, -0.2) is 19.4 Å². The van der Waals surface area contributed by atoms with E-state index in [9.17, 15) is 14.4 Å². The van der Waals surface area contributed by atoms with Gasteiger partial charge in [0.15, 0.2) is 6.17 Å². The second-order valence-corrected chi connectivity index (χ2v) is 8.75. The van der Waals surface area contributed by atoms with Gasteiger partial charge in [0.25, 0.3) is 0 Å². The van der Waals surface area contributed by atoms with Gasteiger partial charge in [-0.2, -0.15) is 10.0 Å². The van der Waals surface area contributed by atoms with Crippen LogP contribution in [0.3, 0.4) is 0 Å². The monoisotopic (exact) mass is 565 g/mol. The standard InChI is InChI=1S/C27H24BrN3O6/c1-2-35-25(32)24-29-23(21-13-15-22(28)16-14-21)30(26(33)36-17-19-9-5-3-6-10-19)31(24)27(34)37-18-20-11-7-4-8-12-20/h3-16,23H,2,17-18H2,1H3. The molecule has 3 aromatic carbocycles. The van der Waals surface area contributed by atoms with Gasteiger partial charge in [0.2, 0.25) is 5.84 Å². The van der Waals surface area contributed by atoms with Crippen molar-refractivity contribution in [3.8, 4) is 0 Å². The van der Waals surface area contributed by atoms with Gasteiger partial charge in [0.05, 0.1) is 6.61 Å². The average Bonchev–Trinajstić information content (AvgIpc) is 3.33. The van der Waals surface area contributed by atoms with Crippen LogP contribution in [-0.4, -0.2) is 40.6 Å². The van der Waals surface area contributed by atoms with Crippen molar-refractivity contribution in [2.45, 2.75) is 26.3 Å². The van der Waals surface area contributed by atoms with Crippen molar-refractivity contribution in [3.63, 3.8) is 0 Å². The number of amidine groups is 1. The molecule has 0 radical (unpaired) electrons. The van der Waals surface area contributed by atoms with Crippen molar-refractivity contribution in [1.29, 1.82) is 0 Å². The minimum atomic E-state index is -1.07. The summed E-state index contributed by atoms with van der Waals surface area (Å²) in [5, 5.41) is 1.74. The second kappa shape index (κ2) is 12.2. The lowest BCUT2D eigenvalue weighted by molar-refractivity contribution is -0.136. The molecule has 1 heterocycles. The third kappa shape index (κ3) is 6.34. The van der Waals surface area contributed by atoms with Gasteiger partial charge >= 0.3 is 18.2 Å². The Kier molecular flexibility index (Phi) is 8.52. The molecule has 37 heavy (non-hydrogen) atoms. The first kappa shape index (κ1) is 25.9. The Labute approximate surface area is 222 Å². The summed E-state index contributed by atoms with van der Waals surface area (Å²) in [4.78, 5) is 43.9. The van der Waals surface area contributed by atoms with Gasteiger partial charge in [0, 0.05) is 4.47 Å². The van der Waals surface area contributed by atoms with Gasteiger partial charge in [-0.15, -0.1) is 0 Å². The Morgan fingerprint density at radius 3 is 1.86 bits per heavy atom. The first-order chi connectivity index (χ1) is 18.0. The number of hydrazine groups is 1. The summed E-state index contributed by atoms with van der Waals surface area (Å²) in [6, 6.07) is 25.1. The Bertz CT molecular complexity index is 1270. The predicted octanol–water partition coefficient (Wildman–Crippen LogP) is 5.62. The number of hydrogen-bond donors (Lipinski definition) is 0. The summed E-state index contributed by atoms with van der Waals surface area (Å²) in [6.45, 7) is 1.54. The summed E-state index contributed by atoms with van der Waals surface area (Å²) >= 11 is 3.38. The fraction of sp³-hybridized carbons (Fsp3) is 0.185. The number of ether oxygens (including phenoxy) is 3. The predicted molar refractivity (Wildman–Crippen MR) is 138 cm³/mol. The molecule has 0 spiro atoms. The van der Waals surface area contributed by atoms with Gasteiger partial charge in [0.1, 0.15) is 13.2 Å². The van der Waals surface area contributed by atoms with E-state index in [1.165, 1.54) is 0 Å². The van der Waals surface area contributed by atoms with E-state index in [-0.39, 0.29) is 25.7 Å². The molecular formula is C27H24BrN3O6. The number of carbonyl (C=O) groups excluding carboxylic acids is 3. The van der Waals surface area contributed by atoms with Crippen LogP contribution in [0.5, 0.6) is 0 Å². The number of benzene rings is 3. The highest BCUT2D eigenvalue weighted by Crippen LogP contribution is 2.33. The number of amides is 2. The Morgan fingerprint density at radius 2 is 1.32 bits per heavy atom. The van der Waals surface area contributed by atoms with Gasteiger partial charge < -0.3 is 14.2 Å². The number of carbonyl (C=O) groups is 3. The van der Waals surface area contributed by atoms with Crippen LogP contribution in [0.2, 0.25) is 0 Å². The number of aliphatic imine (C=N–C) groups is 1. The second-order valence-electron chi connectivity index (χ2n) is 7.84. The molecule has 1 aliphatic rings. The largest absolute Gasteiger partial charge is 0.460 e. The van der Waals surface area contributed by atoms with Crippen LogP contribution in [0, 0.1) is 0 Å². The fourth-order valence-electron chi connectivity index (χ4n) is 3.54. The molecule has 1 aliphatic heterocycles. The molecule has 0 aromatic heterocycles. The minimum absolute atomic E-state index is 0.0478. The van der Waals surface area contributed by atoms with Crippen molar-refractivity contribution in [3.05, 3.63) is 106 Å². The zero-order chi connectivity index (χ0) is 26.2. The van der Waals surface area contributed by atoms with Crippen molar-refractivity contribution in [2.24, 2.45) is 4.99 Å². The Balaban J connectivity index is 1.66. The summed E-state index contributed by atoms with van der Waals surface area (Å²) in [5.41, 5.74) is 2.02. The molecule has 3 aromatic rings. The summed E-state index contributed by atoms with van der Waals surface area (Å²) in [6.07, 6.45) is -2.94.